The van der Waals surface area contributed by atoms with Gasteiger partial charge in [-0.2, -0.15) is 0 Å². The Morgan fingerprint density at radius 3 is 2.67 bits per heavy atom. The van der Waals surface area contributed by atoms with Gasteiger partial charge in [0.05, 0.1) is 0 Å². The van der Waals surface area contributed by atoms with E-state index in [-0.39, 0.29) is 6.09 Å². The smallest absolute Gasteiger partial charge is 0.410 e. The number of nitrogens with zero attached hydrogens (tertiary/aromatic N) is 1. The number of ether oxygens (including phenoxy) is 2. The number of nitrogens with one attached hydrogen (secondary N) is 1. The van der Waals surface area contributed by atoms with Gasteiger partial charge in [0, 0.05) is 38.9 Å². The monoisotopic (exact) mass is 300 g/mol. The van der Waals surface area contributed by atoms with E-state index in [4.69, 9.17) is 9.47 Å². The van der Waals surface area contributed by atoms with Gasteiger partial charge in [0.2, 0.25) is 0 Å². The molecule has 1 heterocycles. The summed E-state index contributed by atoms with van der Waals surface area (Å²) in [4.78, 5) is 13.9. The molecule has 124 valence electrons. The lowest BCUT2D eigenvalue weighted by atomic mass is 10.1. The van der Waals surface area contributed by atoms with Gasteiger partial charge >= 0.3 is 6.09 Å². The van der Waals surface area contributed by atoms with E-state index < -0.39 is 5.60 Å². The van der Waals surface area contributed by atoms with Gasteiger partial charge in [0.15, 0.2) is 0 Å². The molecule has 0 aromatic heterocycles. The standard InChI is InChI=1S/C16H32N2O3/c1-13(9-12-20-5)17-14-7-6-10-18(11-8-14)15(19)21-16(2,3)4/h13-14,17H,6-12H2,1-5H3. The number of rotatable bonds is 5. The van der Waals surface area contributed by atoms with Gasteiger partial charge in [0.1, 0.15) is 5.60 Å². The summed E-state index contributed by atoms with van der Waals surface area (Å²) in [6, 6.07) is 0.923. The van der Waals surface area contributed by atoms with Gasteiger partial charge in [0.25, 0.3) is 0 Å². The Morgan fingerprint density at radius 2 is 2.05 bits per heavy atom. The molecule has 0 radical (unpaired) electrons. The minimum absolute atomic E-state index is 0.185. The van der Waals surface area contributed by atoms with Crippen molar-refractivity contribution in [3.63, 3.8) is 0 Å². The predicted molar refractivity (Wildman–Crippen MR) is 84.5 cm³/mol. The number of hydrogen-bond acceptors (Lipinski definition) is 4. The van der Waals surface area contributed by atoms with Crippen molar-refractivity contribution in [1.29, 1.82) is 0 Å². The first-order valence-corrected chi connectivity index (χ1v) is 8.04. The second-order valence-electron chi connectivity index (χ2n) is 6.94. The third-order valence-corrected chi connectivity index (χ3v) is 3.65. The minimum Gasteiger partial charge on any atom is -0.444 e. The van der Waals surface area contributed by atoms with Crippen LogP contribution in [0.1, 0.15) is 53.4 Å². The molecule has 1 aliphatic heterocycles. The first-order valence-electron chi connectivity index (χ1n) is 8.04. The number of hydrogen-bond donors (Lipinski definition) is 1. The van der Waals surface area contributed by atoms with Crippen LogP contribution in [0, 0.1) is 0 Å². The number of carbonyl (C=O) groups is 1. The summed E-state index contributed by atoms with van der Waals surface area (Å²) >= 11 is 0. The molecule has 0 bridgehead atoms. The van der Waals surface area contributed by atoms with Crippen LogP contribution in [0.4, 0.5) is 4.79 Å². The molecular weight excluding hydrogens is 268 g/mol. The van der Waals surface area contributed by atoms with Crippen LogP contribution >= 0.6 is 0 Å². The van der Waals surface area contributed by atoms with Crippen molar-refractivity contribution in [3.8, 4) is 0 Å². The molecule has 0 spiro atoms. The van der Waals surface area contributed by atoms with E-state index in [1.165, 1.54) is 0 Å². The van der Waals surface area contributed by atoms with E-state index in [2.05, 4.69) is 12.2 Å². The second-order valence-corrected chi connectivity index (χ2v) is 6.94. The Balaban J connectivity index is 2.38. The van der Waals surface area contributed by atoms with E-state index in [0.717, 1.165) is 45.4 Å². The van der Waals surface area contributed by atoms with Crippen molar-refractivity contribution in [2.75, 3.05) is 26.8 Å². The van der Waals surface area contributed by atoms with Gasteiger partial charge in [-0.25, -0.2) is 4.79 Å². The van der Waals surface area contributed by atoms with Crippen molar-refractivity contribution >= 4 is 6.09 Å². The maximum absolute atomic E-state index is 12.1. The quantitative estimate of drug-likeness (QED) is 0.848. The van der Waals surface area contributed by atoms with Crippen LogP contribution in [-0.4, -0.2) is 55.5 Å². The van der Waals surface area contributed by atoms with E-state index in [1.807, 2.05) is 25.7 Å². The van der Waals surface area contributed by atoms with Crippen molar-refractivity contribution in [1.82, 2.24) is 10.2 Å². The minimum atomic E-state index is -0.421. The summed E-state index contributed by atoms with van der Waals surface area (Å²) in [5, 5.41) is 3.64. The normalized spacial score (nSPS) is 21.8. The van der Waals surface area contributed by atoms with Crippen molar-refractivity contribution in [2.24, 2.45) is 0 Å². The molecule has 5 nitrogen and oxygen atoms in total. The summed E-state index contributed by atoms with van der Waals surface area (Å²) in [5.74, 6) is 0. The summed E-state index contributed by atoms with van der Waals surface area (Å²) in [7, 11) is 1.73. The molecule has 1 N–H and O–H groups in total. The molecule has 2 atom stereocenters. The largest absolute Gasteiger partial charge is 0.444 e. The van der Waals surface area contributed by atoms with E-state index >= 15 is 0 Å². The summed E-state index contributed by atoms with van der Waals surface area (Å²) in [6.45, 7) is 10.3. The molecule has 2 unspecified atom stereocenters. The zero-order valence-corrected chi connectivity index (χ0v) is 14.3. The number of carbonyl (C=O) groups excluding carboxylic acids is 1. The molecule has 0 aliphatic carbocycles. The topological polar surface area (TPSA) is 50.8 Å². The molecule has 1 rings (SSSR count). The molecule has 21 heavy (non-hydrogen) atoms. The molecule has 1 aliphatic rings. The maximum atomic E-state index is 12.1. The van der Waals surface area contributed by atoms with Gasteiger partial charge in [-0.15, -0.1) is 0 Å². The molecule has 1 fully saturated rings. The van der Waals surface area contributed by atoms with E-state index in [9.17, 15) is 4.79 Å². The zero-order valence-electron chi connectivity index (χ0n) is 14.3. The highest BCUT2D eigenvalue weighted by Crippen LogP contribution is 2.16. The third kappa shape index (κ3) is 7.67. The SMILES string of the molecule is COCCC(C)NC1CCCN(C(=O)OC(C)(C)C)CC1. The van der Waals surface area contributed by atoms with Crippen LogP contribution in [0.25, 0.3) is 0 Å². The molecule has 0 aromatic carbocycles. The van der Waals surface area contributed by atoms with Gasteiger partial charge in [-0.3, -0.25) is 0 Å². The summed E-state index contributed by atoms with van der Waals surface area (Å²) < 4.78 is 10.6. The second kappa shape index (κ2) is 8.59. The zero-order chi connectivity index (χ0) is 15.9. The summed E-state index contributed by atoms with van der Waals surface area (Å²) in [6.07, 6.45) is 3.94. The van der Waals surface area contributed by atoms with Crippen LogP contribution < -0.4 is 5.32 Å². The highest BCUT2D eigenvalue weighted by molar-refractivity contribution is 5.68. The number of amides is 1. The van der Waals surface area contributed by atoms with Crippen LogP contribution in [0.15, 0.2) is 0 Å². The van der Waals surface area contributed by atoms with Crippen molar-refractivity contribution in [2.45, 2.75) is 71.1 Å². The Labute approximate surface area is 129 Å². The lowest BCUT2D eigenvalue weighted by molar-refractivity contribution is 0.0256. The maximum Gasteiger partial charge on any atom is 0.410 e. The highest BCUT2D eigenvalue weighted by Gasteiger charge is 2.25. The average molecular weight is 300 g/mol. The molecule has 1 saturated heterocycles. The Kier molecular flexibility index (Phi) is 7.46. The van der Waals surface area contributed by atoms with Crippen LogP contribution in [0.5, 0.6) is 0 Å². The Morgan fingerprint density at radius 1 is 1.33 bits per heavy atom. The molecule has 0 saturated carbocycles. The van der Waals surface area contributed by atoms with Gasteiger partial charge in [-0.1, -0.05) is 0 Å². The molecule has 1 amide bonds. The first-order chi connectivity index (χ1) is 9.81. The molecule has 0 aromatic rings. The Bertz CT molecular complexity index is 315. The average Bonchev–Trinajstić information content (AvgIpc) is 2.60. The highest BCUT2D eigenvalue weighted by atomic mass is 16.6. The van der Waals surface area contributed by atoms with Crippen LogP contribution in [0.2, 0.25) is 0 Å². The lowest BCUT2D eigenvalue weighted by Gasteiger charge is -2.26. The van der Waals surface area contributed by atoms with E-state index in [1.54, 1.807) is 7.11 Å². The third-order valence-electron chi connectivity index (χ3n) is 3.65. The van der Waals surface area contributed by atoms with Crippen molar-refractivity contribution in [3.05, 3.63) is 0 Å². The summed E-state index contributed by atoms with van der Waals surface area (Å²) in [5.41, 5.74) is -0.421. The fraction of sp³-hybridized carbons (Fsp3) is 0.938. The fourth-order valence-corrected chi connectivity index (χ4v) is 2.55. The predicted octanol–water partition coefficient (Wildman–Crippen LogP) is 2.79. The first kappa shape index (κ1) is 18.2. The Hall–Kier alpha value is -0.810. The van der Waals surface area contributed by atoms with Crippen LogP contribution in [0.3, 0.4) is 0 Å². The number of likely N-dealkylation sites (tertiary alicyclic amines) is 1. The van der Waals surface area contributed by atoms with Gasteiger partial charge in [-0.05, 0) is 53.4 Å². The van der Waals surface area contributed by atoms with Crippen molar-refractivity contribution < 1.29 is 14.3 Å². The van der Waals surface area contributed by atoms with E-state index in [0.29, 0.717) is 12.1 Å². The molecular formula is C16H32N2O3. The molecule has 5 heteroatoms. The lowest BCUT2D eigenvalue weighted by Crippen LogP contribution is -2.39. The van der Waals surface area contributed by atoms with Crippen LogP contribution in [-0.2, 0) is 9.47 Å². The fourth-order valence-electron chi connectivity index (χ4n) is 2.55. The van der Waals surface area contributed by atoms with Gasteiger partial charge < -0.3 is 19.7 Å². The number of methoxy groups -OCH3 is 1.